The standard InChI is InChI=1S/C17H26N2O2/c1-5-6-7-8-18-15(20)11-16(21)19-17-13(3)9-12(2)10-14(17)4/h9-10H,5-8,11H2,1-4H3,(H,18,20)(H,19,21). The Hall–Kier alpha value is -1.84. The first-order chi connectivity index (χ1) is 9.93. The number of carbonyl (C=O) groups is 2. The van der Waals surface area contributed by atoms with Crippen LogP contribution in [0, 0.1) is 20.8 Å². The number of anilines is 1. The summed E-state index contributed by atoms with van der Waals surface area (Å²) in [7, 11) is 0. The number of hydrogen-bond acceptors (Lipinski definition) is 2. The minimum absolute atomic E-state index is 0.126. The van der Waals surface area contributed by atoms with Gasteiger partial charge in [0.1, 0.15) is 6.42 Å². The Balaban J connectivity index is 2.49. The number of amides is 2. The highest BCUT2D eigenvalue weighted by atomic mass is 16.2. The summed E-state index contributed by atoms with van der Waals surface area (Å²) in [6.07, 6.45) is 3.04. The van der Waals surface area contributed by atoms with Crippen molar-refractivity contribution in [3.63, 3.8) is 0 Å². The molecule has 0 radical (unpaired) electrons. The molecule has 0 heterocycles. The maximum absolute atomic E-state index is 11.9. The fourth-order valence-corrected chi connectivity index (χ4v) is 2.37. The summed E-state index contributed by atoms with van der Waals surface area (Å²) in [4.78, 5) is 23.6. The van der Waals surface area contributed by atoms with Gasteiger partial charge in [-0.05, 0) is 38.3 Å². The van der Waals surface area contributed by atoms with Gasteiger partial charge in [-0.3, -0.25) is 9.59 Å². The Morgan fingerprint density at radius 3 is 2.19 bits per heavy atom. The van der Waals surface area contributed by atoms with E-state index in [0.29, 0.717) is 6.54 Å². The molecule has 1 rings (SSSR count). The van der Waals surface area contributed by atoms with Crippen molar-refractivity contribution in [3.8, 4) is 0 Å². The molecule has 0 aliphatic rings. The smallest absolute Gasteiger partial charge is 0.233 e. The predicted molar refractivity (Wildman–Crippen MR) is 86.4 cm³/mol. The van der Waals surface area contributed by atoms with Crippen molar-refractivity contribution < 1.29 is 9.59 Å². The molecule has 0 atom stereocenters. The molecule has 0 aliphatic carbocycles. The minimum atomic E-state index is -0.266. The third-order valence-corrected chi connectivity index (χ3v) is 3.37. The van der Waals surface area contributed by atoms with Gasteiger partial charge in [0.05, 0.1) is 0 Å². The maximum atomic E-state index is 11.9. The van der Waals surface area contributed by atoms with Crippen LogP contribution in [-0.4, -0.2) is 18.4 Å². The fraction of sp³-hybridized carbons (Fsp3) is 0.529. The van der Waals surface area contributed by atoms with Crippen LogP contribution in [0.3, 0.4) is 0 Å². The SMILES string of the molecule is CCCCCNC(=O)CC(=O)Nc1c(C)cc(C)cc1C. The lowest BCUT2D eigenvalue weighted by Crippen LogP contribution is -2.29. The summed E-state index contributed by atoms with van der Waals surface area (Å²) in [5, 5.41) is 5.61. The Labute approximate surface area is 127 Å². The van der Waals surface area contributed by atoms with Crippen LogP contribution in [0.1, 0.15) is 49.3 Å². The van der Waals surface area contributed by atoms with Crippen LogP contribution in [0.15, 0.2) is 12.1 Å². The summed E-state index contributed by atoms with van der Waals surface area (Å²) in [6.45, 7) is 8.69. The number of benzene rings is 1. The van der Waals surface area contributed by atoms with Crippen LogP contribution >= 0.6 is 0 Å². The van der Waals surface area contributed by atoms with Gasteiger partial charge in [-0.1, -0.05) is 37.5 Å². The maximum Gasteiger partial charge on any atom is 0.233 e. The van der Waals surface area contributed by atoms with Crippen molar-refractivity contribution in [1.29, 1.82) is 0 Å². The quantitative estimate of drug-likeness (QED) is 0.598. The van der Waals surface area contributed by atoms with Crippen LogP contribution in [0.4, 0.5) is 5.69 Å². The van der Waals surface area contributed by atoms with Crippen molar-refractivity contribution in [3.05, 3.63) is 28.8 Å². The van der Waals surface area contributed by atoms with Crippen LogP contribution in [0.2, 0.25) is 0 Å². The molecule has 0 bridgehead atoms. The summed E-state index contributed by atoms with van der Waals surface area (Å²) in [5.74, 6) is -0.482. The molecule has 1 aromatic carbocycles. The second-order valence-electron chi connectivity index (χ2n) is 5.56. The number of nitrogens with one attached hydrogen (secondary N) is 2. The average molecular weight is 290 g/mol. The first-order valence-corrected chi connectivity index (χ1v) is 7.58. The molecule has 21 heavy (non-hydrogen) atoms. The Morgan fingerprint density at radius 1 is 1.00 bits per heavy atom. The van der Waals surface area contributed by atoms with Gasteiger partial charge in [0.15, 0.2) is 0 Å². The zero-order valence-electron chi connectivity index (χ0n) is 13.5. The Bertz CT molecular complexity index is 487. The van der Waals surface area contributed by atoms with Crippen molar-refractivity contribution in [2.24, 2.45) is 0 Å². The van der Waals surface area contributed by atoms with E-state index in [0.717, 1.165) is 41.6 Å². The van der Waals surface area contributed by atoms with Crippen LogP contribution < -0.4 is 10.6 Å². The molecule has 0 saturated carbocycles. The van der Waals surface area contributed by atoms with E-state index in [2.05, 4.69) is 17.6 Å². The van der Waals surface area contributed by atoms with E-state index < -0.39 is 0 Å². The van der Waals surface area contributed by atoms with E-state index in [1.165, 1.54) is 0 Å². The van der Waals surface area contributed by atoms with Gasteiger partial charge in [0.2, 0.25) is 11.8 Å². The molecular formula is C17H26N2O2. The highest BCUT2D eigenvalue weighted by Crippen LogP contribution is 2.21. The van der Waals surface area contributed by atoms with Gasteiger partial charge < -0.3 is 10.6 Å². The van der Waals surface area contributed by atoms with Gasteiger partial charge in [0, 0.05) is 12.2 Å². The third kappa shape index (κ3) is 5.98. The van der Waals surface area contributed by atoms with Gasteiger partial charge in [-0.25, -0.2) is 0 Å². The van der Waals surface area contributed by atoms with Gasteiger partial charge in [0.25, 0.3) is 0 Å². The molecule has 116 valence electrons. The lowest BCUT2D eigenvalue weighted by molar-refractivity contribution is -0.126. The number of carbonyl (C=O) groups excluding carboxylic acids is 2. The number of aryl methyl sites for hydroxylation is 3. The molecule has 0 fully saturated rings. The zero-order valence-corrected chi connectivity index (χ0v) is 13.5. The van der Waals surface area contributed by atoms with Gasteiger partial charge in [-0.2, -0.15) is 0 Å². The van der Waals surface area contributed by atoms with Gasteiger partial charge in [-0.15, -0.1) is 0 Å². The highest BCUT2D eigenvalue weighted by molar-refractivity contribution is 6.04. The van der Waals surface area contributed by atoms with E-state index in [1.54, 1.807) is 0 Å². The molecule has 1 aromatic rings. The first kappa shape index (κ1) is 17.2. The lowest BCUT2D eigenvalue weighted by Gasteiger charge is -2.12. The monoisotopic (exact) mass is 290 g/mol. The highest BCUT2D eigenvalue weighted by Gasteiger charge is 2.12. The van der Waals surface area contributed by atoms with Crippen molar-refractivity contribution in [2.75, 3.05) is 11.9 Å². The predicted octanol–water partition coefficient (Wildman–Crippen LogP) is 3.25. The van der Waals surface area contributed by atoms with Crippen molar-refractivity contribution in [1.82, 2.24) is 5.32 Å². The molecule has 4 heteroatoms. The molecule has 4 nitrogen and oxygen atoms in total. The van der Waals surface area contributed by atoms with E-state index in [9.17, 15) is 9.59 Å². The van der Waals surface area contributed by atoms with E-state index in [1.807, 2.05) is 32.9 Å². The van der Waals surface area contributed by atoms with Gasteiger partial charge >= 0.3 is 0 Å². The molecule has 2 amide bonds. The normalized spacial score (nSPS) is 10.3. The number of hydrogen-bond donors (Lipinski definition) is 2. The average Bonchev–Trinajstić information content (AvgIpc) is 2.39. The molecule has 0 spiro atoms. The Kier molecular flexibility index (Phi) is 6.92. The zero-order chi connectivity index (χ0) is 15.8. The Morgan fingerprint density at radius 2 is 1.62 bits per heavy atom. The molecule has 0 aliphatic heterocycles. The fourth-order valence-electron chi connectivity index (χ4n) is 2.37. The van der Waals surface area contributed by atoms with Crippen LogP contribution in [0.5, 0.6) is 0 Å². The lowest BCUT2D eigenvalue weighted by atomic mass is 10.0. The minimum Gasteiger partial charge on any atom is -0.356 e. The van der Waals surface area contributed by atoms with Crippen molar-refractivity contribution in [2.45, 2.75) is 53.4 Å². The molecule has 0 unspecified atom stereocenters. The second-order valence-corrected chi connectivity index (χ2v) is 5.56. The van der Waals surface area contributed by atoms with Crippen LogP contribution in [-0.2, 0) is 9.59 Å². The third-order valence-electron chi connectivity index (χ3n) is 3.37. The number of rotatable bonds is 7. The molecule has 2 N–H and O–H groups in total. The number of unbranched alkanes of at least 4 members (excludes halogenated alkanes) is 2. The van der Waals surface area contributed by atoms with E-state index >= 15 is 0 Å². The van der Waals surface area contributed by atoms with Crippen molar-refractivity contribution >= 4 is 17.5 Å². The van der Waals surface area contributed by atoms with E-state index in [-0.39, 0.29) is 18.2 Å². The topological polar surface area (TPSA) is 58.2 Å². The largest absolute Gasteiger partial charge is 0.356 e. The summed E-state index contributed by atoms with van der Waals surface area (Å²) < 4.78 is 0. The molecular weight excluding hydrogens is 264 g/mol. The summed E-state index contributed by atoms with van der Waals surface area (Å²) in [5.41, 5.74) is 4.01. The first-order valence-electron chi connectivity index (χ1n) is 7.58. The summed E-state index contributed by atoms with van der Waals surface area (Å²) in [6, 6.07) is 4.04. The summed E-state index contributed by atoms with van der Waals surface area (Å²) >= 11 is 0. The molecule has 0 aromatic heterocycles. The molecule has 0 saturated heterocycles. The van der Waals surface area contributed by atoms with Crippen LogP contribution in [0.25, 0.3) is 0 Å². The van der Waals surface area contributed by atoms with E-state index in [4.69, 9.17) is 0 Å². The second kappa shape index (κ2) is 8.45.